The van der Waals surface area contributed by atoms with Gasteiger partial charge in [0.2, 0.25) is 5.91 Å². The number of aryl methyl sites for hydroxylation is 2. The Balaban J connectivity index is 0.00000144. The third kappa shape index (κ3) is 4.67. The second-order valence-corrected chi connectivity index (χ2v) is 5.31. The van der Waals surface area contributed by atoms with E-state index in [1.807, 2.05) is 32.0 Å². The van der Waals surface area contributed by atoms with Crippen LogP contribution < -0.4 is 10.6 Å². The van der Waals surface area contributed by atoms with Crippen LogP contribution in [-0.2, 0) is 9.53 Å². The summed E-state index contributed by atoms with van der Waals surface area (Å²) >= 11 is 0. The summed E-state index contributed by atoms with van der Waals surface area (Å²) in [7, 11) is 0. The number of nitrogens with one attached hydrogen (secondary N) is 2. The van der Waals surface area contributed by atoms with Crippen molar-refractivity contribution in [1.29, 1.82) is 0 Å². The highest BCUT2D eigenvalue weighted by molar-refractivity contribution is 5.94. The fraction of sp³-hybridized carbons (Fsp3) is 0.400. The molecule has 2 aromatic rings. The summed E-state index contributed by atoms with van der Waals surface area (Å²) in [6.07, 6.45) is 1.63. The van der Waals surface area contributed by atoms with E-state index in [4.69, 9.17) is 4.74 Å². The van der Waals surface area contributed by atoms with Gasteiger partial charge in [-0.3, -0.25) is 4.79 Å². The average molecular weight is 374 g/mol. The summed E-state index contributed by atoms with van der Waals surface area (Å²) in [5.41, 5.74) is 2.62. The lowest BCUT2D eigenvalue weighted by Crippen LogP contribution is -2.48. The van der Waals surface area contributed by atoms with Gasteiger partial charge in [-0.2, -0.15) is 5.10 Å². The van der Waals surface area contributed by atoms with Gasteiger partial charge >= 0.3 is 0 Å². The van der Waals surface area contributed by atoms with Gasteiger partial charge in [0.05, 0.1) is 30.8 Å². The quantitative estimate of drug-likeness (QED) is 0.854. The number of hydrogen-bond donors (Lipinski definition) is 2. The van der Waals surface area contributed by atoms with Crippen molar-refractivity contribution in [2.24, 2.45) is 0 Å². The van der Waals surface area contributed by atoms with E-state index in [0.717, 1.165) is 17.2 Å². The number of pyridine rings is 1. The zero-order chi connectivity index (χ0) is 15.5. The summed E-state index contributed by atoms with van der Waals surface area (Å²) < 4.78 is 7.06. The second kappa shape index (κ2) is 8.98. The monoisotopic (exact) mass is 373 g/mol. The van der Waals surface area contributed by atoms with E-state index in [9.17, 15) is 4.79 Å². The molecule has 0 aromatic carbocycles. The van der Waals surface area contributed by atoms with Crippen LogP contribution in [0, 0.1) is 13.8 Å². The fourth-order valence-electron chi connectivity index (χ4n) is 2.41. The molecule has 3 rings (SSSR count). The van der Waals surface area contributed by atoms with Crippen molar-refractivity contribution in [3.63, 3.8) is 0 Å². The van der Waals surface area contributed by atoms with Crippen molar-refractivity contribution in [3.8, 4) is 5.82 Å². The lowest BCUT2D eigenvalue weighted by Gasteiger charge is -2.22. The number of carbonyl (C=O) groups excluding carboxylic acids is 1. The van der Waals surface area contributed by atoms with E-state index in [2.05, 4.69) is 20.7 Å². The van der Waals surface area contributed by atoms with E-state index >= 15 is 0 Å². The zero-order valence-corrected chi connectivity index (χ0v) is 15.1. The SMILES string of the molecule is Cc1cc(C)n(-c2ccc(NC(=O)C3COCCN3)cn2)n1.Cl.Cl. The summed E-state index contributed by atoms with van der Waals surface area (Å²) in [6, 6.07) is 5.33. The van der Waals surface area contributed by atoms with Crippen LogP contribution in [-0.4, -0.2) is 46.5 Å². The minimum atomic E-state index is -0.315. The first-order valence-corrected chi connectivity index (χ1v) is 7.25. The van der Waals surface area contributed by atoms with Crippen LogP contribution in [0.15, 0.2) is 24.4 Å². The van der Waals surface area contributed by atoms with Gasteiger partial charge in [-0.25, -0.2) is 9.67 Å². The van der Waals surface area contributed by atoms with Crippen LogP contribution in [0.4, 0.5) is 5.69 Å². The van der Waals surface area contributed by atoms with Crippen molar-refractivity contribution in [3.05, 3.63) is 35.8 Å². The van der Waals surface area contributed by atoms with Gasteiger partial charge in [-0.1, -0.05) is 0 Å². The molecule has 0 aliphatic carbocycles. The number of rotatable bonds is 3. The van der Waals surface area contributed by atoms with Crippen molar-refractivity contribution in [2.45, 2.75) is 19.9 Å². The zero-order valence-electron chi connectivity index (χ0n) is 13.5. The minimum absolute atomic E-state index is 0. The number of halogens is 2. The number of morpholine rings is 1. The fourth-order valence-corrected chi connectivity index (χ4v) is 2.41. The number of ether oxygens (including phenoxy) is 1. The molecule has 1 fully saturated rings. The molecule has 7 nitrogen and oxygen atoms in total. The average Bonchev–Trinajstić information content (AvgIpc) is 2.87. The van der Waals surface area contributed by atoms with Crippen LogP contribution >= 0.6 is 24.8 Å². The highest BCUT2D eigenvalue weighted by atomic mass is 35.5. The molecule has 1 saturated heterocycles. The summed E-state index contributed by atoms with van der Waals surface area (Å²) in [5, 5.41) is 10.3. The van der Waals surface area contributed by atoms with Crippen molar-refractivity contribution < 1.29 is 9.53 Å². The molecule has 132 valence electrons. The van der Waals surface area contributed by atoms with E-state index < -0.39 is 0 Å². The van der Waals surface area contributed by atoms with Crippen molar-refractivity contribution >= 4 is 36.4 Å². The Morgan fingerprint density at radius 2 is 2.17 bits per heavy atom. The molecule has 2 aromatic heterocycles. The maximum atomic E-state index is 12.1. The van der Waals surface area contributed by atoms with Crippen molar-refractivity contribution in [2.75, 3.05) is 25.1 Å². The topological polar surface area (TPSA) is 81.1 Å². The van der Waals surface area contributed by atoms with Gasteiger partial charge < -0.3 is 15.4 Å². The maximum absolute atomic E-state index is 12.1. The van der Waals surface area contributed by atoms with Crippen LogP contribution in [0.5, 0.6) is 0 Å². The Hall–Kier alpha value is -1.67. The molecular formula is C15H21Cl2N5O2. The molecule has 1 aliphatic rings. The van der Waals surface area contributed by atoms with Crippen LogP contribution in [0.3, 0.4) is 0 Å². The van der Waals surface area contributed by atoms with Gasteiger partial charge in [0.1, 0.15) is 6.04 Å². The molecule has 1 atom stereocenters. The summed E-state index contributed by atoms with van der Waals surface area (Å²) in [4.78, 5) is 16.4. The smallest absolute Gasteiger partial charge is 0.243 e. The predicted octanol–water partition coefficient (Wildman–Crippen LogP) is 1.65. The Morgan fingerprint density at radius 1 is 1.38 bits per heavy atom. The van der Waals surface area contributed by atoms with Gasteiger partial charge in [-0.15, -0.1) is 24.8 Å². The number of hydrogen-bond acceptors (Lipinski definition) is 5. The highest BCUT2D eigenvalue weighted by Gasteiger charge is 2.21. The predicted molar refractivity (Wildman–Crippen MR) is 96.6 cm³/mol. The van der Waals surface area contributed by atoms with E-state index in [1.54, 1.807) is 10.9 Å². The number of aromatic nitrogens is 3. The number of nitrogens with zero attached hydrogens (tertiary/aromatic N) is 3. The molecule has 24 heavy (non-hydrogen) atoms. The molecule has 1 amide bonds. The van der Waals surface area contributed by atoms with Crippen LogP contribution in [0.2, 0.25) is 0 Å². The van der Waals surface area contributed by atoms with Gasteiger partial charge in [0.15, 0.2) is 5.82 Å². The van der Waals surface area contributed by atoms with Gasteiger partial charge in [0.25, 0.3) is 0 Å². The molecule has 0 spiro atoms. The lowest BCUT2D eigenvalue weighted by atomic mass is 10.2. The van der Waals surface area contributed by atoms with Gasteiger partial charge in [-0.05, 0) is 32.0 Å². The highest BCUT2D eigenvalue weighted by Crippen LogP contribution is 2.13. The molecule has 9 heteroatoms. The largest absolute Gasteiger partial charge is 0.378 e. The van der Waals surface area contributed by atoms with Crippen LogP contribution in [0.25, 0.3) is 5.82 Å². The summed E-state index contributed by atoms with van der Waals surface area (Å²) in [6.45, 7) is 5.64. The number of anilines is 1. The van der Waals surface area contributed by atoms with Gasteiger partial charge in [0, 0.05) is 12.2 Å². The van der Waals surface area contributed by atoms with E-state index in [0.29, 0.717) is 25.4 Å². The van der Waals surface area contributed by atoms with Crippen LogP contribution in [0.1, 0.15) is 11.4 Å². The standard InChI is InChI=1S/C15H19N5O2.2ClH/c1-10-7-11(2)20(19-10)14-4-3-12(8-17-14)18-15(21)13-9-22-6-5-16-13;;/h3-4,7-8,13,16H,5-6,9H2,1-2H3,(H,18,21);2*1H. The molecule has 0 radical (unpaired) electrons. The first-order valence-electron chi connectivity index (χ1n) is 7.25. The third-order valence-corrected chi connectivity index (χ3v) is 3.48. The Labute approximate surface area is 153 Å². The Morgan fingerprint density at radius 3 is 2.71 bits per heavy atom. The molecule has 1 unspecified atom stereocenters. The second-order valence-electron chi connectivity index (χ2n) is 5.31. The molecule has 2 N–H and O–H groups in total. The number of amides is 1. The minimum Gasteiger partial charge on any atom is -0.378 e. The first kappa shape index (κ1) is 20.4. The molecule has 0 saturated carbocycles. The molecular weight excluding hydrogens is 353 g/mol. The van der Waals surface area contributed by atoms with E-state index in [1.165, 1.54) is 0 Å². The van der Waals surface area contributed by atoms with E-state index in [-0.39, 0.29) is 36.8 Å². The Bertz CT molecular complexity index is 669. The maximum Gasteiger partial charge on any atom is 0.243 e. The summed E-state index contributed by atoms with van der Waals surface area (Å²) in [5.74, 6) is 0.614. The molecule has 3 heterocycles. The molecule has 0 bridgehead atoms. The molecule has 1 aliphatic heterocycles. The first-order chi connectivity index (χ1) is 10.6. The normalized spacial score (nSPS) is 16.7. The third-order valence-electron chi connectivity index (χ3n) is 3.48. The Kier molecular flexibility index (Phi) is 7.62. The number of carbonyl (C=O) groups is 1. The lowest BCUT2D eigenvalue weighted by molar-refractivity contribution is -0.120. The van der Waals surface area contributed by atoms with Crippen molar-refractivity contribution in [1.82, 2.24) is 20.1 Å².